The standard InChI is InChI=1S/C13H13ClN2OS/c1-10-8-15-13(16-9-10)18-7-6-17-12-4-2-11(14)3-5-12/h2-5,8-9H,6-7H2,1H3. The van der Waals surface area contributed by atoms with Crippen LogP contribution in [0.5, 0.6) is 5.75 Å². The number of rotatable bonds is 5. The molecule has 0 aliphatic heterocycles. The minimum Gasteiger partial charge on any atom is -0.493 e. The third-order valence-corrected chi connectivity index (χ3v) is 3.25. The summed E-state index contributed by atoms with van der Waals surface area (Å²) < 4.78 is 5.57. The second-order valence-electron chi connectivity index (χ2n) is 3.69. The number of halogens is 1. The molecule has 0 bridgehead atoms. The lowest BCUT2D eigenvalue weighted by atomic mass is 10.3. The zero-order valence-electron chi connectivity index (χ0n) is 9.97. The summed E-state index contributed by atoms with van der Waals surface area (Å²) in [6.07, 6.45) is 3.63. The van der Waals surface area contributed by atoms with Gasteiger partial charge in [-0.25, -0.2) is 9.97 Å². The van der Waals surface area contributed by atoms with Gasteiger partial charge in [-0.3, -0.25) is 0 Å². The van der Waals surface area contributed by atoms with E-state index < -0.39 is 0 Å². The zero-order valence-corrected chi connectivity index (χ0v) is 11.5. The topological polar surface area (TPSA) is 35.0 Å². The Morgan fingerprint density at radius 3 is 2.50 bits per heavy atom. The summed E-state index contributed by atoms with van der Waals surface area (Å²) >= 11 is 7.37. The van der Waals surface area contributed by atoms with E-state index in [4.69, 9.17) is 16.3 Å². The number of thioether (sulfide) groups is 1. The molecule has 18 heavy (non-hydrogen) atoms. The Bertz CT molecular complexity index is 440. The van der Waals surface area contributed by atoms with Crippen molar-refractivity contribution in [1.82, 2.24) is 9.97 Å². The quantitative estimate of drug-likeness (QED) is 0.476. The largest absolute Gasteiger partial charge is 0.493 e. The second kappa shape index (κ2) is 6.61. The van der Waals surface area contributed by atoms with Gasteiger partial charge in [0.05, 0.1) is 6.61 Å². The maximum Gasteiger partial charge on any atom is 0.187 e. The van der Waals surface area contributed by atoms with Gasteiger partial charge in [-0.15, -0.1) is 0 Å². The maximum atomic E-state index is 5.79. The number of ether oxygens (including phenoxy) is 1. The molecule has 0 unspecified atom stereocenters. The monoisotopic (exact) mass is 280 g/mol. The van der Waals surface area contributed by atoms with Crippen molar-refractivity contribution in [2.24, 2.45) is 0 Å². The number of nitrogens with zero attached hydrogens (tertiary/aromatic N) is 2. The van der Waals surface area contributed by atoms with Gasteiger partial charge in [-0.1, -0.05) is 23.4 Å². The summed E-state index contributed by atoms with van der Waals surface area (Å²) in [4.78, 5) is 8.43. The third kappa shape index (κ3) is 4.20. The Morgan fingerprint density at radius 1 is 1.17 bits per heavy atom. The van der Waals surface area contributed by atoms with Crippen molar-refractivity contribution in [3.63, 3.8) is 0 Å². The van der Waals surface area contributed by atoms with E-state index in [9.17, 15) is 0 Å². The Labute approximate surface area is 116 Å². The van der Waals surface area contributed by atoms with Crippen LogP contribution < -0.4 is 4.74 Å². The smallest absolute Gasteiger partial charge is 0.187 e. The van der Waals surface area contributed by atoms with Crippen LogP contribution in [0.15, 0.2) is 41.8 Å². The van der Waals surface area contributed by atoms with Crippen LogP contribution in [0.1, 0.15) is 5.56 Å². The van der Waals surface area contributed by atoms with Crippen molar-refractivity contribution < 1.29 is 4.74 Å². The van der Waals surface area contributed by atoms with Crippen LogP contribution in [0.4, 0.5) is 0 Å². The Kier molecular flexibility index (Phi) is 4.84. The molecule has 0 aliphatic rings. The van der Waals surface area contributed by atoms with E-state index in [1.54, 1.807) is 11.8 Å². The number of hydrogen-bond donors (Lipinski definition) is 0. The van der Waals surface area contributed by atoms with Gasteiger partial charge in [-0.05, 0) is 36.8 Å². The average molecular weight is 281 g/mol. The van der Waals surface area contributed by atoms with Crippen LogP contribution in [0, 0.1) is 6.92 Å². The molecule has 0 fully saturated rings. The predicted molar refractivity (Wildman–Crippen MR) is 74.4 cm³/mol. The maximum absolute atomic E-state index is 5.79. The van der Waals surface area contributed by atoms with Crippen LogP contribution >= 0.6 is 23.4 Å². The summed E-state index contributed by atoms with van der Waals surface area (Å²) in [5, 5.41) is 1.49. The number of aryl methyl sites for hydroxylation is 1. The minimum absolute atomic E-state index is 0.615. The molecule has 0 spiro atoms. The molecule has 1 aromatic carbocycles. The minimum atomic E-state index is 0.615. The molecule has 5 heteroatoms. The van der Waals surface area contributed by atoms with Gasteiger partial charge in [0.15, 0.2) is 5.16 Å². The Morgan fingerprint density at radius 2 is 1.83 bits per heavy atom. The average Bonchev–Trinajstić information content (AvgIpc) is 2.39. The van der Waals surface area contributed by atoms with E-state index in [0.717, 1.165) is 22.2 Å². The van der Waals surface area contributed by atoms with Crippen molar-refractivity contribution in [2.75, 3.05) is 12.4 Å². The first-order valence-electron chi connectivity index (χ1n) is 5.54. The molecule has 1 aromatic heterocycles. The van der Waals surface area contributed by atoms with Crippen molar-refractivity contribution in [3.8, 4) is 5.75 Å². The number of aromatic nitrogens is 2. The van der Waals surface area contributed by atoms with Gasteiger partial charge < -0.3 is 4.74 Å². The van der Waals surface area contributed by atoms with E-state index >= 15 is 0 Å². The summed E-state index contributed by atoms with van der Waals surface area (Å²) in [6.45, 7) is 2.58. The molecular formula is C13H13ClN2OS. The van der Waals surface area contributed by atoms with Gasteiger partial charge in [0.25, 0.3) is 0 Å². The first kappa shape index (κ1) is 13.2. The van der Waals surface area contributed by atoms with Gasteiger partial charge in [0, 0.05) is 23.2 Å². The van der Waals surface area contributed by atoms with Gasteiger partial charge in [0.2, 0.25) is 0 Å². The van der Waals surface area contributed by atoms with Gasteiger partial charge in [-0.2, -0.15) is 0 Å². The lowest BCUT2D eigenvalue weighted by molar-refractivity contribution is 0.344. The van der Waals surface area contributed by atoms with Gasteiger partial charge >= 0.3 is 0 Å². The first-order chi connectivity index (χ1) is 8.74. The zero-order chi connectivity index (χ0) is 12.8. The lowest BCUT2D eigenvalue weighted by Crippen LogP contribution is -2.00. The molecule has 0 amide bonds. The van der Waals surface area contributed by atoms with Crippen LogP contribution in [-0.2, 0) is 0 Å². The van der Waals surface area contributed by atoms with E-state index in [1.165, 1.54) is 0 Å². The summed E-state index contributed by atoms with van der Waals surface area (Å²) in [7, 11) is 0. The van der Waals surface area contributed by atoms with Crippen molar-refractivity contribution in [3.05, 3.63) is 47.2 Å². The molecule has 0 radical (unpaired) electrons. The molecule has 3 nitrogen and oxygen atoms in total. The highest BCUT2D eigenvalue weighted by molar-refractivity contribution is 7.99. The van der Waals surface area contributed by atoms with E-state index in [2.05, 4.69) is 9.97 Å². The fourth-order valence-electron chi connectivity index (χ4n) is 1.28. The van der Waals surface area contributed by atoms with Crippen LogP contribution in [0.25, 0.3) is 0 Å². The fourth-order valence-corrected chi connectivity index (χ4v) is 2.01. The SMILES string of the molecule is Cc1cnc(SCCOc2ccc(Cl)cc2)nc1. The molecule has 2 rings (SSSR count). The highest BCUT2D eigenvalue weighted by Gasteiger charge is 1.98. The molecule has 0 N–H and O–H groups in total. The van der Waals surface area contributed by atoms with Crippen LogP contribution in [-0.4, -0.2) is 22.3 Å². The van der Waals surface area contributed by atoms with E-state index in [1.807, 2.05) is 43.6 Å². The highest BCUT2D eigenvalue weighted by Crippen LogP contribution is 2.17. The van der Waals surface area contributed by atoms with E-state index in [-0.39, 0.29) is 0 Å². The summed E-state index contributed by atoms with van der Waals surface area (Å²) in [6, 6.07) is 7.34. The second-order valence-corrected chi connectivity index (χ2v) is 5.19. The molecule has 1 heterocycles. The third-order valence-electron chi connectivity index (χ3n) is 2.15. The highest BCUT2D eigenvalue weighted by atomic mass is 35.5. The fraction of sp³-hybridized carbons (Fsp3) is 0.231. The normalized spacial score (nSPS) is 10.3. The molecule has 0 atom stereocenters. The van der Waals surface area contributed by atoms with Crippen LogP contribution in [0.2, 0.25) is 5.02 Å². The molecule has 0 saturated heterocycles. The molecule has 0 saturated carbocycles. The Hall–Kier alpha value is -1.26. The van der Waals surface area contributed by atoms with Crippen molar-refractivity contribution >= 4 is 23.4 Å². The summed E-state index contributed by atoms with van der Waals surface area (Å²) in [5.74, 6) is 1.64. The Balaban J connectivity index is 1.73. The first-order valence-corrected chi connectivity index (χ1v) is 6.90. The van der Waals surface area contributed by atoms with Crippen LogP contribution in [0.3, 0.4) is 0 Å². The molecule has 2 aromatic rings. The number of benzene rings is 1. The summed E-state index contributed by atoms with van der Waals surface area (Å²) in [5.41, 5.74) is 1.07. The molecule has 0 aliphatic carbocycles. The lowest BCUT2D eigenvalue weighted by Gasteiger charge is -2.05. The van der Waals surface area contributed by atoms with Crippen molar-refractivity contribution in [1.29, 1.82) is 0 Å². The van der Waals surface area contributed by atoms with Gasteiger partial charge in [0.1, 0.15) is 5.75 Å². The molecule has 94 valence electrons. The van der Waals surface area contributed by atoms with E-state index in [0.29, 0.717) is 11.6 Å². The predicted octanol–water partition coefficient (Wildman–Crippen LogP) is 3.61. The van der Waals surface area contributed by atoms with Crippen molar-refractivity contribution in [2.45, 2.75) is 12.1 Å². The number of hydrogen-bond acceptors (Lipinski definition) is 4. The molecular weight excluding hydrogens is 268 g/mol.